The van der Waals surface area contributed by atoms with Gasteiger partial charge in [-0.15, -0.1) is 0 Å². The number of nitrogens with zero attached hydrogens (tertiary/aromatic N) is 3. The maximum absolute atomic E-state index is 12.1. The van der Waals surface area contributed by atoms with Crippen molar-refractivity contribution in [1.29, 1.82) is 0 Å². The van der Waals surface area contributed by atoms with Crippen molar-refractivity contribution >= 4 is 11.6 Å². The van der Waals surface area contributed by atoms with Crippen molar-refractivity contribution in [3.8, 4) is 0 Å². The fraction of sp³-hybridized carbons (Fsp3) is 0.417. The van der Waals surface area contributed by atoms with Gasteiger partial charge < -0.3 is 5.32 Å². The number of rotatable bonds is 2. The molecule has 0 aliphatic heterocycles. The van der Waals surface area contributed by atoms with Gasteiger partial charge in [0.05, 0.1) is 23.1 Å². The van der Waals surface area contributed by atoms with E-state index in [1.807, 2.05) is 19.9 Å². The van der Waals surface area contributed by atoms with E-state index in [0.717, 1.165) is 29.9 Å². The highest BCUT2D eigenvalue weighted by Gasteiger charge is 2.26. The van der Waals surface area contributed by atoms with Crippen LogP contribution in [0.5, 0.6) is 0 Å². The quantitative estimate of drug-likeness (QED) is 0.844. The van der Waals surface area contributed by atoms with E-state index in [-0.39, 0.29) is 5.91 Å². The van der Waals surface area contributed by atoms with Crippen molar-refractivity contribution in [3.05, 3.63) is 29.2 Å². The van der Waals surface area contributed by atoms with Crippen LogP contribution in [0.25, 0.3) is 5.65 Å². The van der Waals surface area contributed by atoms with E-state index in [4.69, 9.17) is 0 Å². The van der Waals surface area contributed by atoms with Crippen molar-refractivity contribution < 1.29 is 4.79 Å². The summed E-state index contributed by atoms with van der Waals surface area (Å²) >= 11 is 0. The molecule has 1 aliphatic carbocycles. The summed E-state index contributed by atoms with van der Waals surface area (Å²) < 4.78 is 1.70. The maximum atomic E-state index is 12.1. The number of hydrogen-bond donors (Lipinski definition) is 1. The van der Waals surface area contributed by atoms with Gasteiger partial charge in [-0.3, -0.25) is 4.79 Å². The summed E-state index contributed by atoms with van der Waals surface area (Å²) in [4.78, 5) is 16.5. The molecule has 0 saturated heterocycles. The lowest BCUT2D eigenvalue weighted by Crippen LogP contribution is -2.28. The van der Waals surface area contributed by atoms with Gasteiger partial charge in [-0.2, -0.15) is 5.10 Å². The molecule has 0 aromatic carbocycles. The predicted molar refractivity (Wildman–Crippen MR) is 62.9 cm³/mol. The lowest BCUT2D eigenvalue weighted by molar-refractivity contribution is 0.0948. The van der Waals surface area contributed by atoms with Gasteiger partial charge in [-0.05, 0) is 26.7 Å². The van der Waals surface area contributed by atoms with Crippen molar-refractivity contribution in [2.24, 2.45) is 0 Å². The first-order chi connectivity index (χ1) is 8.16. The first-order valence-corrected chi connectivity index (χ1v) is 5.78. The minimum atomic E-state index is -0.0348. The van der Waals surface area contributed by atoms with Crippen LogP contribution in [0.3, 0.4) is 0 Å². The fourth-order valence-electron chi connectivity index (χ4n) is 2.05. The Kier molecular flexibility index (Phi) is 2.14. The summed E-state index contributed by atoms with van der Waals surface area (Å²) in [5.41, 5.74) is 3.03. The number of carbonyl (C=O) groups is 1. The van der Waals surface area contributed by atoms with Crippen LogP contribution in [0, 0.1) is 13.8 Å². The minimum Gasteiger partial charge on any atom is -0.349 e. The first-order valence-electron chi connectivity index (χ1n) is 5.78. The minimum absolute atomic E-state index is 0.0348. The summed E-state index contributed by atoms with van der Waals surface area (Å²) in [5.74, 6) is -0.0348. The Labute approximate surface area is 98.9 Å². The summed E-state index contributed by atoms with van der Waals surface area (Å²) in [5, 5.41) is 7.16. The second kappa shape index (κ2) is 3.55. The van der Waals surface area contributed by atoms with E-state index in [1.165, 1.54) is 0 Å². The van der Waals surface area contributed by atoms with Crippen molar-refractivity contribution in [1.82, 2.24) is 19.9 Å². The van der Waals surface area contributed by atoms with Crippen LogP contribution in [0.2, 0.25) is 0 Å². The highest BCUT2D eigenvalue weighted by molar-refractivity contribution is 5.96. The zero-order chi connectivity index (χ0) is 12.0. The smallest absolute Gasteiger partial charge is 0.255 e. The number of carbonyl (C=O) groups excluding carboxylic acids is 1. The largest absolute Gasteiger partial charge is 0.349 e. The standard InChI is InChI=1S/C12H14N4O/c1-7-11(12(17)15-9-3-4-9)8(2)16-10(14-7)5-6-13-16/h5-6,9H,3-4H2,1-2H3,(H,15,17). The predicted octanol–water partition coefficient (Wildman–Crippen LogP) is 1.24. The van der Waals surface area contributed by atoms with Crippen LogP contribution in [0.1, 0.15) is 34.6 Å². The molecule has 0 bridgehead atoms. The molecule has 5 nitrogen and oxygen atoms in total. The number of fused-ring (bicyclic) bond motifs is 1. The third-order valence-electron chi connectivity index (χ3n) is 3.09. The summed E-state index contributed by atoms with van der Waals surface area (Å²) in [7, 11) is 0. The van der Waals surface area contributed by atoms with E-state index in [1.54, 1.807) is 10.7 Å². The molecule has 5 heteroatoms. The van der Waals surface area contributed by atoms with E-state index < -0.39 is 0 Å². The van der Waals surface area contributed by atoms with Crippen LogP contribution in [-0.2, 0) is 0 Å². The monoisotopic (exact) mass is 230 g/mol. The third-order valence-corrected chi connectivity index (χ3v) is 3.09. The molecule has 1 saturated carbocycles. The van der Waals surface area contributed by atoms with Gasteiger partial charge in [0.2, 0.25) is 0 Å². The molecule has 1 N–H and O–H groups in total. The van der Waals surface area contributed by atoms with Crippen LogP contribution in [-0.4, -0.2) is 26.5 Å². The van der Waals surface area contributed by atoms with Gasteiger partial charge in [-0.1, -0.05) is 0 Å². The molecule has 88 valence electrons. The second-order valence-electron chi connectivity index (χ2n) is 4.51. The van der Waals surface area contributed by atoms with Gasteiger partial charge in [0.1, 0.15) is 0 Å². The Bertz CT molecular complexity index is 598. The van der Waals surface area contributed by atoms with E-state index in [0.29, 0.717) is 11.6 Å². The highest BCUT2D eigenvalue weighted by Crippen LogP contribution is 2.21. The molecule has 0 unspecified atom stereocenters. The van der Waals surface area contributed by atoms with Crippen LogP contribution in [0.4, 0.5) is 0 Å². The van der Waals surface area contributed by atoms with Crippen molar-refractivity contribution in [2.75, 3.05) is 0 Å². The molecule has 1 amide bonds. The van der Waals surface area contributed by atoms with Gasteiger partial charge in [-0.25, -0.2) is 9.50 Å². The number of aryl methyl sites for hydroxylation is 2. The van der Waals surface area contributed by atoms with Gasteiger partial charge in [0, 0.05) is 12.1 Å². The average Bonchev–Trinajstić information content (AvgIpc) is 2.94. The van der Waals surface area contributed by atoms with Gasteiger partial charge in [0.15, 0.2) is 5.65 Å². The molecule has 3 rings (SSSR count). The topological polar surface area (TPSA) is 59.3 Å². The van der Waals surface area contributed by atoms with Gasteiger partial charge in [0.25, 0.3) is 5.91 Å². The molecule has 1 aliphatic rings. The SMILES string of the molecule is Cc1nc2ccnn2c(C)c1C(=O)NC1CC1. The Hall–Kier alpha value is -1.91. The van der Waals surface area contributed by atoms with E-state index >= 15 is 0 Å². The summed E-state index contributed by atoms with van der Waals surface area (Å²) in [6.07, 6.45) is 3.86. The molecule has 1 fully saturated rings. The van der Waals surface area contributed by atoms with Crippen molar-refractivity contribution in [3.63, 3.8) is 0 Å². The normalized spacial score (nSPS) is 15.2. The zero-order valence-electron chi connectivity index (χ0n) is 9.90. The van der Waals surface area contributed by atoms with E-state index in [2.05, 4.69) is 15.4 Å². The van der Waals surface area contributed by atoms with Gasteiger partial charge >= 0.3 is 0 Å². The maximum Gasteiger partial charge on any atom is 0.255 e. The number of hydrogen-bond acceptors (Lipinski definition) is 3. The lowest BCUT2D eigenvalue weighted by Gasteiger charge is -2.10. The lowest BCUT2D eigenvalue weighted by atomic mass is 10.1. The fourth-order valence-corrected chi connectivity index (χ4v) is 2.05. The van der Waals surface area contributed by atoms with Crippen LogP contribution >= 0.6 is 0 Å². The Balaban J connectivity index is 2.09. The molecule has 0 spiro atoms. The molecule has 0 atom stereocenters. The molecule has 0 radical (unpaired) electrons. The summed E-state index contributed by atoms with van der Waals surface area (Å²) in [6.45, 7) is 3.76. The summed E-state index contributed by atoms with van der Waals surface area (Å²) in [6, 6.07) is 2.19. The average molecular weight is 230 g/mol. The molecule has 2 heterocycles. The first kappa shape index (κ1) is 10.3. The second-order valence-corrected chi connectivity index (χ2v) is 4.51. The highest BCUT2D eigenvalue weighted by atomic mass is 16.1. The number of aromatic nitrogens is 3. The number of amides is 1. The molecule has 2 aromatic heterocycles. The number of nitrogens with one attached hydrogen (secondary N) is 1. The van der Waals surface area contributed by atoms with Crippen LogP contribution in [0.15, 0.2) is 12.3 Å². The third kappa shape index (κ3) is 1.67. The molecular weight excluding hydrogens is 216 g/mol. The molecule has 2 aromatic rings. The Morgan fingerprint density at radius 3 is 2.94 bits per heavy atom. The van der Waals surface area contributed by atoms with Crippen LogP contribution < -0.4 is 5.32 Å². The van der Waals surface area contributed by atoms with Crippen molar-refractivity contribution in [2.45, 2.75) is 32.7 Å². The van der Waals surface area contributed by atoms with E-state index in [9.17, 15) is 4.79 Å². The zero-order valence-corrected chi connectivity index (χ0v) is 9.90. The molecule has 17 heavy (non-hydrogen) atoms. The Morgan fingerprint density at radius 2 is 2.24 bits per heavy atom. The Morgan fingerprint density at radius 1 is 1.47 bits per heavy atom. The molecular formula is C12H14N4O.